The van der Waals surface area contributed by atoms with Gasteiger partial charge in [-0.3, -0.25) is 0 Å². The Morgan fingerprint density at radius 3 is 2.64 bits per heavy atom. The van der Waals surface area contributed by atoms with Crippen molar-refractivity contribution in [2.24, 2.45) is 0 Å². The van der Waals surface area contributed by atoms with Crippen molar-refractivity contribution in [3.05, 3.63) is 73.4 Å². The van der Waals surface area contributed by atoms with Crippen molar-refractivity contribution in [1.29, 1.82) is 0 Å². The molecule has 3 heteroatoms. The molecule has 0 bridgehead atoms. The van der Waals surface area contributed by atoms with Crippen LogP contribution in [0.1, 0.15) is 0 Å². The summed E-state index contributed by atoms with van der Waals surface area (Å²) in [7, 11) is 1.67. The fourth-order valence-electron chi connectivity index (χ4n) is 2.59. The van der Waals surface area contributed by atoms with E-state index in [0.29, 0.717) is 0 Å². The van der Waals surface area contributed by atoms with E-state index >= 15 is 0 Å². The molecule has 0 amide bonds. The van der Waals surface area contributed by atoms with Crippen LogP contribution >= 0.6 is 0 Å². The Hall–Kier alpha value is -2.68. The highest BCUT2D eigenvalue weighted by Crippen LogP contribution is 2.19. The van der Waals surface area contributed by atoms with Crippen LogP contribution in [0.25, 0.3) is 10.9 Å². The van der Waals surface area contributed by atoms with E-state index in [4.69, 9.17) is 4.74 Å². The topological polar surface area (TPSA) is 26.2 Å². The molecule has 1 aromatic heterocycles. The molecule has 0 spiro atoms. The highest BCUT2D eigenvalue weighted by Gasteiger charge is 2.07. The van der Waals surface area contributed by atoms with Gasteiger partial charge in [0.1, 0.15) is 5.75 Å². The summed E-state index contributed by atoms with van der Waals surface area (Å²) in [6.07, 6.45) is 4.07. The summed E-state index contributed by atoms with van der Waals surface area (Å²) in [6, 6.07) is 18.6. The summed E-state index contributed by atoms with van der Waals surface area (Å²) in [4.78, 5) is 0. The van der Waals surface area contributed by atoms with Gasteiger partial charge in [-0.25, -0.2) is 0 Å². The average molecular weight is 292 g/mol. The summed E-state index contributed by atoms with van der Waals surface area (Å²) in [5.74, 6) is 0.858. The van der Waals surface area contributed by atoms with Crippen molar-refractivity contribution < 1.29 is 4.74 Å². The van der Waals surface area contributed by atoms with Crippen LogP contribution in [0.5, 0.6) is 5.75 Å². The molecule has 1 N–H and O–H groups in total. The van der Waals surface area contributed by atoms with E-state index in [0.717, 1.165) is 18.0 Å². The van der Waals surface area contributed by atoms with Gasteiger partial charge in [-0.1, -0.05) is 24.3 Å². The van der Waals surface area contributed by atoms with Crippen molar-refractivity contribution in [2.45, 2.75) is 12.6 Å². The van der Waals surface area contributed by atoms with Crippen LogP contribution in [0.3, 0.4) is 0 Å². The fourth-order valence-corrected chi connectivity index (χ4v) is 2.59. The standard InChI is InChI=1S/C19H20N2O/c1-3-16(20-17-8-10-18(22-2)11-9-17)14-21-13-12-15-6-4-5-7-19(15)21/h3-13,16,20H,1,14H2,2H3/t16-/m0/s1. The molecule has 22 heavy (non-hydrogen) atoms. The number of methoxy groups -OCH3 is 1. The third-order valence-corrected chi connectivity index (χ3v) is 3.80. The maximum Gasteiger partial charge on any atom is 0.119 e. The Balaban J connectivity index is 1.75. The van der Waals surface area contributed by atoms with E-state index < -0.39 is 0 Å². The molecule has 0 aliphatic heterocycles. The first kappa shape index (κ1) is 14.3. The quantitative estimate of drug-likeness (QED) is 0.685. The third-order valence-electron chi connectivity index (χ3n) is 3.80. The zero-order valence-electron chi connectivity index (χ0n) is 12.7. The number of hydrogen-bond acceptors (Lipinski definition) is 2. The van der Waals surface area contributed by atoms with Gasteiger partial charge < -0.3 is 14.6 Å². The molecule has 3 nitrogen and oxygen atoms in total. The van der Waals surface area contributed by atoms with E-state index in [1.54, 1.807) is 7.11 Å². The molecule has 2 aromatic carbocycles. The van der Waals surface area contributed by atoms with Gasteiger partial charge in [-0.2, -0.15) is 0 Å². The average Bonchev–Trinajstić information content (AvgIpc) is 2.98. The van der Waals surface area contributed by atoms with Crippen LogP contribution < -0.4 is 10.1 Å². The number of anilines is 1. The smallest absolute Gasteiger partial charge is 0.119 e. The second-order valence-corrected chi connectivity index (χ2v) is 5.24. The lowest BCUT2D eigenvalue weighted by molar-refractivity contribution is 0.415. The molecule has 3 rings (SSSR count). The molecule has 0 unspecified atom stereocenters. The van der Waals surface area contributed by atoms with Crippen molar-refractivity contribution in [3.63, 3.8) is 0 Å². The summed E-state index contributed by atoms with van der Waals surface area (Å²) in [6.45, 7) is 4.79. The lowest BCUT2D eigenvalue weighted by Gasteiger charge is -2.18. The highest BCUT2D eigenvalue weighted by atomic mass is 16.5. The Bertz CT molecular complexity index is 758. The summed E-state index contributed by atoms with van der Waals surface area (Å²) in [5.41, 5.74) is 2.30. The lowest BCUT2D eigenvalue weighted by Crippen LogP contribution is -2.22. The number of benzene rings is 2. The third kappa shape index (κ3) is 2.98. The predicted octanol–water partition coefficient (Wildman–Crippen LogP) is 4.32. The van der Waals surface area contributed by atoms with Crippen LogP contribution in [0.15, 0.2) is 73.4 Å². The van der Waals surface area contributed by atoms with Gasteiger partial charge in [-0.05, 0) is 41.8 Å². The maximum atomic E-state index is 5.18. The lowest BCUT2D eigenvalue weighted by atomic mass is 10.2. The Morgan fingerprint density at radius 1 is 1.14 bits per heavy atom. The van der Waals surface area contributed by atoms with Gasteiger partial charge in [-0.15, -0.1) is 6.58 Å². The maximum absolute atomic E-state index is 5.18. The summed E-state index contributed by atoms with van der Waals surface area (Å²) < 4.78 is 7.43. The number of ether oxygens (including phenoxy) is 1. The molecule has 0 saturated heterocycles. The van der Waals surface area contributed by atoms with Crippen LogP contribution in [0, 0.1) is 0 Å². The fraction of sp³-hybridized carbons (Fsp3) is 0.158. The van der Waals surface area contributed by atoms with Gasteiger partial charge >= 0.3 is 0 Å². The normalized spacial score (nSPS) is 12.0. The first-order valence-electron chi connectivity index (χ1n) is 7.37. The minimum absolute atomic E-state index is 0.157. The molecule has 0 radical (unpaired) electrons. The number of hydrogen-bond donors (Lipinski definition) is 1. The van der Waals surface area contributed by atoms with E-state index in [2.05, 4.69) is 53.0 Å². The molecule has 0 saturated carbocycles. The van der Waals surface area contributed by atoms with Crippen LogP contribution in [-0.2, 0) is 6.54 Å². The summed E-state index contributed by atoms with van der Waals surface area (Å²) in [5, 5.41) is 4.75. The van der Waals surface area contributed by atoms with Crippen LogP contribution in [0.4, 0.5) is 5.69 Å². The number of nitrogens with zero attached hydrogens (tertiary/aromatic N) is 1. The van der Waals surface area contributed by atoms with Crippen molar-refractivity contribution in [1.82, 2.24) is 4.57 Å². The number of aromatic nitrogens is 1. The number of fused-ring (bicyclic) bond motifs is 1. The van der Waals surface area contributed by atoms with Gasteiger partial charge in [0.15, 0.2) is 0 Å². The van der Waals surface area contributed by atoms with Gasteiger partial charge in [0, 0.05) is 23.9 Å². The van der Waals surface area contributed by atoms with E-state index in [1.807, 2.05) is 30.3 Å². The molecule has 0 aliphatic rings. The van der Waals surface area contributed by atoms with E-state index in [-0.39, 0.29) is 6.04 Å². The van der Waals surface area contributed by atoms with Crippen molar-refractivity contribution in [2.75, 3.05) is 12.4 Å². The first-order chi connectivity index (χ1) is 10.8. The zero-order chi connectivity index (χ0) is 15.4. The Morgan fingerprint density at radius 2 is 1.91 bits per heavy atom. The molecule has 1 heterocycles. The minimum Gasteiger partial charge on any atom is -0.497 e. The largest absolute Gasteiger partial charge is 0.497 e. The minimum atomic E-state index is 0.157. The Kier molecular flexibility index (Phi) is 4.15. The molecule has 3 aromatic rings. The van der Waals surface area contributed by atoms with E-state index in [9.17, 15) is 0 Å². The number of para-hydroxylation sites is 1. The second-order valence-electron chi connectivity index (χ2n) is 5.24. The van der Waals surface area contributed by atoms with Gasteiger partial charge in [0.25, 0.3) is 0 Å². The number of nitrogens with one attached hydrogen (secondary N) is 1. The molecular weight excluding hydrogens is 272 g/mol. The predicted molar refractivity (Wildman–Crippen MR) is 92.5 cm³/mol. The SMILES string of the molecule is C=C[C@@H](Cn1ccc2ccccc21)Nc1ccc(OC)cc1. The zero-order valence-corrected chi connectivity index (χ0v) is 12.7. The molecule has 0 fully saturated rings. The second kappa shape index (κ2) is 6.39. The molecule has 112 valence electrons. The van der Waals surface area contributed by atoms with Crippen LogP contribution in [0.2, 0.25) is 0 Å². The van der Waals surface area contributed by atoms with Crippen LogP contribution in [-0.4, -0.2) is 17.7 Å². The summed E-state index contributed by atoms with van der Waals surface area (Å²) >= 11 is 0. The van der Waals surface area contributed by atoms with Crippen molar-refractivity contribution in [3.8, 4) is 5.75 Å². The first-order valence-corrected chi connectivity index (χ1v) is 7.37. The van der Waals surface area contributed by atoms with E-state index in [1.165, 1.54) is 10.9 Å². The van der Waals surface area contributed by atoms with Gasteiger partial charge in [0.2, 0.25) is 0 Å². The molecule has 0 aliphatic carbocycles. The van der Waals surface area contributed by atoms with Gasteiger partial charge in [0.05, 0.1) is 13.2 Å². The molecular formula is C19H20N2O. The highest BCUT2D eigenvalue weighted by molar-refractivity contribution is 5.79. The monoisotopic (exact) mass is 292 g/mol. The molecule has 1 atom stereocenters. The number of rotatable bonds is 6. The Labute approximate surface area is 130 Å². The van der Waals surface area contributed by atoms with Crippen molar-refractivity contribution >= 4 is 16.6 Å².